The quantitative estimate of drug-likeness (QED) is 0.754. The van der Waals surface area contributed by atoms with Gasteiger partial charge in [-0.1, -0.05) is 43.3 Å². The molecule has 2 aromatic rings. The van der Waals surface area contributed by atoms with Crippen LogP contribution in [-0.2, 0) is 29.0 Å². The molecule has 2 amide bonds. The lowest BCUT2D eigenvalue weighted by Gasteiger charge is -2.37. The van der Waals surface area contributed by atoms with Crippen molar-refractivity contribution in [3.8, 4) is 0 Å². The maximum Gasteiger partial charge on any atom is 0.243 e. The third-order valence-electron chi connectivity index (χ3n) is 5.39. The lowest BCUT2D eigenvalue weighted by atomic mass is 9.92. The van der Waals surface area contributed by atoms with Gasteiger partial charge in [-0.3, -0.25) is 9.59 Å². The van der Waals surface area contributed by atoms with Crippen LogP contribution in [-0.4, -0.2) is 42.9 Å². The first-order chi connectivity index (χ1) is 14.0. The van der Waals surface area contributed by atoms with Gasteiger partial charge >= 0.3 is 0 Å². The summed E-state index contributed by atoms with van der Waals surface area (Å²) < 4.78 is 13.0. The van der Waals surface area contributed by atoms with Crippen molar-refractivity contribution in [2.45, 2.75) is 32.4 Å². The van der Waals surface area contributed by atoms with E-state index >= 15 is 0 Å². The van der Waals surface area contributed by atoms with Gasteiger partial charge in [0, 0.05) is 32.0 Å². The van der Waals surface area contributed by atoms with E-state index in [-0.39, 0.29) is 23.5 Å². The number of carbonyl (C=O) groups is 2. The predicted molar refractivity (Wildman–Crippen MR) is 111 cm³/mol. The van der Waals surface area contributed by atoms with E-state index in [1.54, 1.807) is 17.0 Å². The Morgan fingerprint density at radius 2 is 1.83 bits per heavy atom. The molecule has 0 saturated heterocycles. The van der Waals surface area contributed by atoms with Gasteiger partial charge in [0.1, 0.15) is 11.9 Å². The fraction of sp³-hybridized carbons (Fsp3) is 0.391. The van der Waals surface area contributed by atoms with Crippen LogP contribution < -0.4 is 10.6 Å². The van der Waals surface area contributed by atoms with Crippen molar-refractivity contribution in [1.29, 1.82) is 0 Å². The summed E-state index contributed by atoms with van der Waals surface area (Å²) in [4.78, 5) is 27.7. The van der Waals surface area contributed by atoms with Gasteiger partial charge in [-0.25, -0.2) is 4.39 Å². The Labute approximate surface area is 171 Å². The summed E-state index contributed by atoms with van der Waals surface area (Å²) in [7, 11) is 1.81. The van der Waals surface area contributed by atoms with Gasteiger partial charge in [0.2, 0.25) is 11.8 Å². The molecule has 5 nitrogen and oxygen atoms in total. The molecule has 6 heteroatoms. The lowest BCUT2D eigenvalue weighted by Crippen LogP contribution is -2.54. The average molecular weight is 397 g/mol. The molecule has 0 aliphatic carbocycles. The third-order valence-corrected chi connectivity index (χ3v) is 5.39. The number of fused-ring (bicyclic) bond motifs is 1. The van der Waals surface area contributed by atoms with Crippen molar-refractivity contribution < 1.29 is 14.0 Å². The van der Waals surface area contributed by atoms with Crippen molar-refractivity contribution in [3.63, 3.8) is 0 Å². The molecule has 154 valence electrons. The Kier molecular flexibility index (Phi) is 6.99. The Balaban J connectivity index is 1.69. The van der Waals surface area contributed by atoms with Crippen LogP contribution in [0.3, 0.4) is 0 Å². The van der Waals surface area contributed by atoms with Crippen molar-refractivity contribution in [1.82, 2.24) is 15.5 Å². The van der Waals surface area contributed by atoms with Gasteiger partial charge in [-0.15, -0.1) is 0 Å². The van der Waals surface area contributed by atoms with E-state index in [2.05, 4.69) is 10.6 Å². The number of rotatable bonds is 7. The number of halogens is 1. The van der Waals surface area contributed by atoms with Crippen LogP contribution in [0.25, 0.3) is 0 Å². The van der Waals surface area contributed by atoms with Crippen molar-refractivity contribution >= 4 is 11.8 Å². The van der Waals surface area contributed by atoms with Gasteiger partial charge in [-0.05, 0) is 42.3 Å². The fourth-order valence-electron chi connectivity index (χ4n) is 3.76. The maximum absolute atomic E-state index is 13.0. The molecule has 0 radical (unpaired) electrons. The van der Waals surface area contributed by atoms with Gasteiger partial charge in [0.15, 0.2) is 0 Å². The molecule has 29 heavy (non-hydrogen) atoms. The normalized spacial score (nSPS) is 16.8. The minimum atomic E-state index is -0.523. The number of amides is 2. The van der Waals surface area contributed by atoms with Crippen LogP contribution in [0.15, 0.2) is 48.5 Å². The molecule has 3 rings (SSSR count). The third kappa shape index (κ3) is 5.21. The number of carbonyl (C=O) groups excluding carboxylic acids is 2. The molecule has 0 aromatic heterocycles. The lowest BCUT2D eigenvalue weighted by molar-refractivity contribution is -0.144. The molecular formula is C23H28FN3O2. The molecule has 2 aromatic carbocycles. The van der Waals surface area contributed by atoms with Crippen molar-refractivity contribution in [2.24, 2.45) is 5.92 Å². The van der Waals surface area contributed by atoms with Crippen LogP contribution in [0, 0.1) is 11.7 Å². The number of hydrogen-bond acceptors (Lipinski definition) is 3. The van der Waals surface area contributed by atoms with Gasteiger partial charge < -0.3 is 15.5 Å². The number of nitrogens with zero attached hydrogens (tertiary/aromatic N) is 1. The Bertz CT molecular complexity index is 853. The first kappa shape index (κ1) is 21.0. The summed E-state index contributed by atoms with van der Waals surface area (Å²) >= 11 is 0. The SMILES string of the molecule is CNCC(C)C(=O)N1Cc2ccccc2CC1C(=O)NCCc1ccc(F)cc1. The summed E-state index contributed by atoms with van der Waals surface area (Å²) in [6.07, 6.45) is 1.12. The van der Waals surface area contributed by atoms with Crippen molar-refractivity contribution in [3.05, 3.63) is 71.0 Å². The topological polar surface area (TPSA) is 61.4 Å². The van der Waals surface area contributed by atoms with E-state index in [1.165, 1.54) is 12.1 Å². The zero-order chi connectivity index (χ0) is 20.8. The molecule has 2 N–H and O–H groups in total. The number of nitrogens with one attached hydrogen (secondary N) is 2. The summed E-state index contributed by atoms with van der Waals surface area (Å²) in [5.74, 6) is -0.651. The molecule has 1 aliphatic rings. The molecule has 0 bridgehead atoms. The molecule has 2 unspecified atom stereocenters. The molecule has 0 saturated carbocycles. The second-order valence-corrected chi connectivity index (χ2v) is 7.58. The zero-order valence-electron chi connectivity index (χ0n) is 17.0. The highest BCUT2D eigenvalue weighted by molar-refractivity contribution is 5.89. The fourth-order valence-corrected chi connectivity index (χ4v) is 3.76. The van der Waals surface area contributed by atoms with E-state index in [9.17, 15) is 14.0 Å². The first-order valence-electron chi connectivity index (χ1n) is 10.0. The van der Waals surface area contributed by atoms with Crippen LogP contribution in [0.4, 0.5) is 4.39 Å². The highest BCUT2D eigenvalue weighted by atomic mass is 19.1. The Morgan fingerprint density at radius 3 is 2.52 bits per heavy atom. The highest BCUT2D eigenvalue weighted by Gasteiger charge is 2.35. The molecular weight excluding hydrogens is 369 g/mol. The molecule has 1 aliphatic heterocycles. The maximum atomic E-state index is 13.0. The average Bonchev–Trinajstić information content (AvgIpc) is 2.73. The van der Waals surface area contributed by atoms with E-state index in [1.807, 2.05) is 38.2 Å². The van der Waals surface area contributed by atoms with E-state index in [0.717, 1.165) is 16.7 Å². The second-order valence-electron chi connectivity index (χ2n) is 7.58. The van der Waals surface area contributed by atoms with Crippen LogP contribution in [0.2, 0.25) is 0 Å². The van der Waals surface area contributed by atoms with Gasteiger partial charge in [0.25, 0.3) is 0 Å². The van der Waals surface area contributed by atoms with Gasteiger partial charge in [-0.2, -0.15) is 0 Å². The molecule has 2 atom stereocenters. The van der Waals surface area contributed by atoms with Crippen LogP contribution in [0.5, 0.6) is 0 Å². The standard InChI is InChI=1S/C23H28FN3O2/c1-16(14-25-2)23(29)27-15-19-6-4-3-5-18(19)13-21(27)22(28)26-12-11-17-7-9-20(24)10-8-17/h3-10,16,21,25H,11-15H2,1-2H3,(H,26,28). The van der Waals surface area contributed by atoms with Crippen molar-refractivity contribution in [2.75, 3.05) is 20.1 Å². The van der Waals surface area contributed by atoms with Crippen LogP contribution >= 0.6 is 0 Å². The van der Waals surface area contributed by atoms with Crippen LogP contribution in [0.1, 0.15) is 23.6 Å². The monoisotopic (exact) mass is 397 g/mol. The highest BCUT2D eigenvalue weighted by Crippen LogP contribution is 2.25. The minimum absolute atomic E-state index is 0.0208. The number of benzene rings is 2. The summed E-state index contributed by atoms with van der Waals surface area (Å²) in [6, 6.07) is 13.7. The Morgan fingerprint density at radius 1 is 1.14 bits per heavy atom. The summed E-state index contributed by atoms with van der Waals surface area (Å²) in [6.45, 7) is 3.33. The smallest absolute Gasteiger partial charge is 0.243 e. The van der Waals surface area contributed by atoms with Gasteiger partial charge in [0.05, 0.1) is 0 Å². The summed E-state index contributed by atoms with van der Waals surface area (Å²) in [5, 5.41) is 5.99. The number of hydrogen-bond donors (Lipinski definition) is 2. The van der Waals surface area contributed by atoms with E-state index in [4.69, 9.17) is 0 Å². The largest absolute Gasteiger partial charge is 0.354 e. The van der Waals surface area contributed by atoms with E-state index in [0.29, 0.717) is 32.5 Å². The molecule has 0 spiro atoms. The molecule has 0 fully saturated rings. The molecule has 1 heterocycles. The predicted octanol–water partition coefficient (Wildman–Crippen LogP) is 2.29. The minimum Gasteiger partial charge on any atom is -0.354 e. The summed E-state index contributed by atoms with van der Waals surface area (Å²) in [5.41, 5.74) is 3.15. The zero-order valence-corrected chi connectivity index (χ0v) is 17.0. The first-order valence-corrected chi connectivity index (χ1v) is 10.0. The van der Waals surface area contributed by atoms with E-state index < -0.39 is 6.04 Å². The Hall–Kier alpha value is -2.73. The second kappa shape index (κ2) is 9.65.